The van der Waals surface area contributed by atoms with Gasteiger partial charge in [0.1, 0.15) is 0 Å². The van der Waals surface area contributed by atoms with Crippen LogP contribution in [-0.2, 0) is 0 Å². The fourth-order valence-corrected chi connectivity index (χ4v) is 1.56. The summed E-state index contributed by atoms with van der Waals surface area (Å²) >= 11 is 0. The Morgan fingerprint density at radius 2 is 2.10 bits per heavy atom. The minimum atomic E-state index is -0.608. The zero-order valence-electron chi connectivity index (χ0n) is 11.8. The number of rotatable bonds is 3. The van der Waals surface area contributed by atoms with Crippen LogP contribution in [0.2, 0.25) is 0 Å². The lowest BCUT2D eigenvalue weighted by Gasteiger charge is -2.25. The molecule has 0 aromatic heterocycles. The molecule has 0 aliphatic carbocycles. The molecule has 4 amide bonds. The second kappa shape index (κ2) is 6.62. The van der Waals surface area contributed by atoms with E-state index in [1.54, 1.807) is 6.92 Å². The number of hydrazone groups is 1. The second-order valence-corrected chi connectivity index (χ2v) is 4.56. The maximum Gasteiger partial charge on any atom is 0.356 e. The third-order valence-electron chi connectivity index (χ3n) is 2.68. The Hall–Kier alpha value is -2.74. The molecule has 0 spiro atoms. The van der Waals surface area contributed by atoms with Crippen molar-refractivity contribution in [2.75, 3.05) is 6.54 Å². The number of hydrazine groups is 2. The molecule has 2 rings (SSSR count). The molecular weight excluding hydrogens is 272 g/mol. The molecule has 1 aliphatic heterocycles. The summed E-state index contributed by atoms with van der Waals surface area (Å²) in [4.78, 5) is 26.7. The van der Waals surface area contributed by atoms with Crippen LogP contribution < -0.4 is 16.4 Å². The summed E-state index contributed by atoms with van der Waals surface area (Å²) < 4.78 is 0. The van der Waals surface area contributed by atoms with E-state index in [4.69, 9.17) is 0 Å². The smallest absolute Gasteiger partial charge is 0.253 e. The SMILES string of the molecule is CC1=NNC(=O)N(NNC(=O)/N=C/c2ccc(C)cc2)C1. The molecule has 0 radical (unpaired) electrons. The van der Waals surface area contributed by atoms with E-state index in [0.717, 1.165) is 11.1 Å². The molecule has 1 aromatic rings. The van der Waals surface area contributed by atoms with Gasteiger partial charge in [0.05, 0.1) is 12.3 Å². The van der Waals surface area contributed by atoms with Gasteiger partial charge in [-0.05, 0) is 19.4 Å². The van der Waals surface area contributed by atoms with E-state index >= 15 is 0 Å². The number of nitrogens with zero attached hydrogens (tertiary/aromatic N) is 3. The van der Waals surface area contributed by atoms with Crippen LogP contribution in [0.25, 0.3) is 0 Å². The van der Waals surface area contributed by atoms with Crippen molar-refractivity contribution in [2.24, 2.45) is 10.1 Å². The highest BCUT2D eigenvalue weighted by Crippen LogP contribution is 2.00. The number of hydrogen-bond donors (Lipinski definition) is 3. The minimum absolute atomic E-state index is 0.272. The topological polar surface area (TPSA) is 98.2 Å². The van der Waals surface area contributed by atoms with Crippen molar-refractivity contribution in [1.82, 2.24) is 21.4 Å². The van der Waals surface area contributed by atoms with Crippen molar-refractivity contribution in [3.8, 4) is 0 Å². The molecule has 0 bridgehead atoms. The number of carbonyl (C=O) groups excluding carboxylic acids is 2. The van der Waals surface area contributed by atoms with Crippen molar-refractivity contribution in [2.45, 2.75) is 13.8 Å². The first-order valence-corrected chi connectivity index (χ1v) is 6.31. The Balaban J connectivity index is 1.83. The maximum absolute atomic E-state index is 11.6. The van der Waals surface area contributed by atoms with Crippen molar-refractivity contribution < 1.29 is 9.59 Å². The van der Waals surface area contributed by atoms with E-state index in [0.29, 0.717) is 5.71 Å². The fraction of sp³-hybridized carbons (Fsp3) is 0.231. The van der Waals surface area contributed by atoms with Crippen LogP contribution in [0, 0.1) is 6.92 Å². The predicted octanol–water partition coefficient (Wildman–Crippen LogP) is 0.944. The molecule has 0 saturated carbocycles. The van der Waals surface area contributed by atoms with Gasteiger partial charge in [-0.25, -0.2) is 25.0 Å². The number of carbonyl (C=O) groups is 2. The van der Waals surface area contributed by atoms with Crippen LogP contribution in [0.4, 0.5) is 9.59 Å². The number of aryl methyl sites for hydroxylation is 1. The Labute approximate surface area is 121 Å². The van der Waals surface area contributed by atoms with Gasteiger partial charge in [-0.2, -0.15) is 5.10 Å². The Morgan fingerprint density at radius 1 is 1.38 bits per heavy atom. The van der Waals surface area contributed by atoms with E-state index in [-0.39, 0.29) is 6.54 Å². The number of aliphatic imine (C=N–C) groups is 1. The highest BCUT2D eigenvalue weighted by Gasteiger charge is 2.18. The van der Waals surface area contributed by atoms with Crippen LogP contribution >= 0.6 is 0 Å². The third kappa shape index (κ3) is 4.39. The summed E-state index contributed by atoms with van der Waals surface area (Å²) in [7, 11) is 0. The average molecular weight is 288 g/mol. The quantitative estimate of drug-likeness (QED) is 0.570. The highest BCUT2D eigenvalue weighted by atomic mass is 16.2. The first-order chi connectivity index (χ1) is 10.0. The number of urea groups is 2. The minimum Gasteiger partial charge on any atom is -0.253 e. The van der Waals surface area contributed by atoms with Gasteiger partial charge < -0.3 is 0 Å². The van der Waals surface area contributed by atoms with Gasteiger partial charge >= 0.3 is 12.1 Å². The largest absolute Gasteiger partial charge is 0.356 e. The van der Waals surface area contributed by atoms with Crippen LogP contribution in [0.15, 0.2) is 34.4 Å². The van der Waals surface area contributed by atoms with E-state index in [9.17, 15) is 9.59 Å². The number of hydrogen-bond acceptors (Lipinski definition) is 4. The molecule has 0 fully saturated rings. The number of nitrogens with one attached hydrogen (secondary N) is 3. The Morgan fingerprint density at radius 3 is 2.81 bits per heavy atom. The zero-order chi connectivity index (χ0) is 15.2. The van der Waals surface area contributed by atoms with Crippen molar-refractivity contribution in [1.29, 1.82) is 0 Å². The molecule has 0 atom stereocenters. The average Bonchev–Trinajstić information content (AvgIpc) is 2.47. The molecule has 0 saturated heterocycles. The molecule has 110 valence electrons. The summed E-state index contributed by atoms with van der Waals surface area (Å²) in [6, 6.07) is 6.51. The van der Waals surface area contributed by atoms with Gasteiger partial charge in [0.25, 0.3) is 0 Å². The van der Waals surface area contributed by atoms with E-state index in [1.165, 1.54) is 11.2 Å². The highest BCUT2D eigenvalue weighted by molar-refractivity contribution is 5.92. The molecule has 3 N–H and O–H groups in total. The van der Waals surface area contributed by atoms with E-state index in [2.05, 4.69) is 26.5 Å². The van der Waals surface area contributed by atoms with Gasteiger partial charge in [0.15, 0.2) is 0 Å². The summed E-state index contributed by atoms with van der Waals surface area (Å²) in [5.41, 5.74) is 9.73. The number of benzene rings is 1. The van der Waals surface area contributed by atoms with Crippen LogP contribution in [0.1, 0.15) is 18.1 Å². The molecular formula is C13H16N6O2. The van der Waals surface area contributed by atoms with Gasteiger partial charge in [-0.3, -0.25) is 5.43 Å². The standard InChI is InChI=1S/C13H16N6O2/c1-9-3-5-11(6-4-9)7-14-12(20)16-18-19-8-10(2)15-17-13(19)21/h3-7,18H,8H2,1-2H3,(H,16,20)(H,17,21)/b14-7+. The lowest BCUT2D eigenvalue weighted by atomic mass is 10.2. The van der Waals surface area contributed by atoms with Crippen LogP contribution in [-0.4, -0.2) is 35.5 Å². The van der Waals surface area contributed by atoms with E-state index < -0.39 is 12.1 Å². The summed E-state index contributed by atoms with van der Waals surface area (Å²) in [6.45, 7) is 4.01. The molecule has 8 heteroatoms. The maximum atomic E-state index is 11.6. The predicted molar refractivity (Wildman–Crippen MR) is 78.8 cm³/mol. The van der Waals surface area contributed by atoms with Crippen molar-refractivity contribution in [3.63, 3.8) is 0 Å². The zero-order valence-corrected chi connectivity index (χ0v) is 11.8. The summed E-state index contributed by atoms with van der Waals surface area (Å²) in [5, 5.41) is 4.95. The Bertz CT molecular complexity index is 593. The molecule has 1 aromatic carbocycles. The van der Waals surface area contributed by atoms with Gasteiger partial charge in [-0.15, -0.1) is 5.53 Å². The monoisotopic (exact) mass is 288 g/mol. The fourth-order valence-electron chi connectivity index (χ4n) is 1.56. The van der Waals surface area contributed by atoms with Crippen molar-refractivity contribution >= 4 is 24.0 Å². The first kappa shape index (κ1) is 14.7. The second-order valence-electron chi connectivity index (χ2n) is 4.56. The lowest BCUT2D eigenvalue weighted by Crippen LogP contribution is -2.57. The van der Waals surface area contributed by atoms with Gasteiger partial charge in [0.2, 0.25) is 0 Å². The molecule has 1 aliphatic rings. The first-order valence-electron chi connectivity index (χ1n) is 6.31. The Kier molecular flexibility index (Phi) is 4.62. The molecule has 1 heterocycles. The lowest BCUT2D eigenvalue weighted by molar-refractivity contribution is 0.163. The van der Waals surface area contributed by atoms with Crippen LogP contribution in [0.5, 0.6) is 0 Å². The molecule has 21 heavy (non-hydrogen) atoms. The normalized spacial score (nSPS) is 14.9. The van der Waals surface area contributed by atoms with Crippen molar-refractivity contribution in [3.05, 3.63) is 35.4 Å². The molecule has 0 unspecified atom stereocenters. The number of amides is 4. The van der Waals surface area contributed by atoms with Gasteiger partial charge in [-0.1, -0.05) is 29.8 Å². The molecule has 8 nitrogen and oxygen atoms in total. The van der Waals surface area contributed by atoms with Gasteiger partial charge in [0, 0.05) is 6.21 Å². The van der Waals surface area contributed by atoms with E-state index in [1.807, 2.05) is 31.2 Å². The summed E-state index contributed by atoms with van der Waals surface area (Å²) in [5.74, 6) is 0. The van der Waals surface area contributed by atoms with Crippen LogP contribution in [0.3, 0.4) is 0 Å². The summed E-state index contributed by atoms with van der Waals surface area (Å²) in [6.07, 6.45) is 1.44. The third-order valence-corrected chi connectivity index (χ3v) is 2.68.